The largest absolute Gasteiger partial charge is 0.462 e. The van der Waals surface area contributed by atoms with Gasteiger partial charge in [-0.1, -0.05) is 30.3 Å². The topological polar surface area (TPSA) is 268 Å². The summed E-state index contributed by atoms with van der Waals surface area (Å²) in [6.45, 7) is 0.142. The van der Waals surface area contributed by atoms with Crippen molar-refractivity contribution in [1.82, 2.24) is 0 Å². The smallest absolute Gasteiger partial charge is 0.229 e. The molecule has 17 heteroatoms. The Balaban J connectivity index is 1.27. The molecule has 4 heterocycles. The van der Waals surface area contributed by atoms with E-state index < -0.39 is 105 Å². The second-order valence-electron chi connectivity index (χ2n) is 12.5. The molecule has 0 amide bonds. The highest BCUT2D eigenvalue weighted by Crippen LogP contribution is 2.33. The number of ether oxygens (including phenoxy) is 6. The first-order valence-corrected chi connectivity index (χ1v) is 16.0. The van der Waals surface area contributed by atoms with Crippen LogP contribution < -0.4 is 10.2 Å². The highest BCUT2D eigenvalue weighted by atomic mass is 16.8. The standard InChI is InChI=1S/C33H40O17/c1-13-22(36)25(39)28(42)31(45-13)44-12-21-24(38)27(41)30(50-32-29(43)26(40)23(37)20(11-34)48-32)33(49-21)46-15-7-8-16-17(35)10-18(47-19(16)9-15)14-5-3-2-4-6-14/h2-10,13,20-34,36-43H,11-12H2,1H3/t13-,20+,21+,22-,23+,24+,25+,26-,27-,28+,29+,30+,31+,32-,33+/m0/s1. The summed E-state index contributed by atoms with van der Waals surface area (Å²) in [4.78, 5) is 12.9. The van der Waals surface area contributed by atoms with Gasteiger partial charge in [0.15, 0.2) is 24.1 Å². The zero-order valence-corrected chi connectivity index (χ0v) is 26.6. The van der Waals surface area contributed by atoms with Gasteiger partial charge in [-0.15, -0.1) is 0 Å². The Morgan fingerprint density at radius 1 is 0.680 bits per heavy atom. The molecule has 274 valence electrons. The molecule has 3 aliphatic heterocycles. The normalized spacial score (nSPS) is 39.4. The van der Waals surface area contributed by atoms with Crippen LogP contribution in [0.2, 0.25) is 0 Å². The fourth-order valence-corrected chi connectivity index (χ4v) is 6.05. The van der Waals surface area contributed by atoms with Crippen molar-refractivity contribution in [3.63, 3.8) is 0 Å². The van der Waals surface area contributed by atoms with E-state index in [0.717, 1.165) is 0 Å². The molecule has 0 unspecified atom stereocenters. The van der Waals surface area contributed by atoms with E-state index in [-0.39, 0.29) is 27.9 Å². The fraction of sp³-hybridized carbons (Fsp3) is 0.545. The molecule has 50 heavy (non-hydrogen) atoms. The summed E-state index contributed by atoms with van der Waals surface area (Å²) in [5, 5.41) is 93.8. The number of fused-ring (bicyclic) bond motifs is 1. The third kappa shape index (κ3) is 7.29. The summed E-state index contributed by atoms with van der Waals surface area (Å²) in [6.07, 6.45) is -23.9. The van der Waals surface area contributed by atoms with Gasteiger partial charge in [-0.3, -0.25) is 4.79 Å². The van der Waals surface area contributed by atoms with Crippen molar-refractivity contribution >= 4 is 11.0 Å². The molecule has 3 saturated heterocycles. The molecule has 3 aromatic rings. The van der Waals surface area contributed by atoms with Crippen molar-refractivity contribution < 1.29 is 78.8 Å². The van der Waals surface area contributed by atoms with Gasteiger partial charge in [0.2, 0.25) is 6.29 Å². The minimum absolute atomic E-state index is 0.0403. The molecular formula is C33H40O17. The maximum absolute atomic E-state index is 12.9. The van der Waals surface area contributed by atoms with Crippen molar-refractivity contribution in [3.8, 4) is 17.1 Å². The Bertz CT molecular complexity index is 1640. The molecule has 0 radical (unpaired) electrons. The molecule has 0 spiro atoms. The maximum atomic E-state index is 12.9. The number of aliphatic hydroxyl groups is 9. The molecule has 9 N–H and O–H groups in total. The predicted molar refractivity (Wildman–Crippen MR) is 166 cm³/mol. The van der Waals surface area contributed by atoms with Crippen LogP contribution in [-0.4, -0.2) is 151 Å². The Morgan fingerprint density at radius 2 is 1.34 bits per heavy atom. The van der Waals surface area contributed by atoms with Crippen molar-refractivity contribution in [1.29, 1.82) is 0 Å². The molecule has 0 bridgehead atoms. The van der Waals surface area contributed by atoms with E-state index >= 15 is 0 Å². The molecule has 3 fully saturated rings. The number of hydrogen-bond acceptors (Lipinski definition) is 17. The first-order valence-electron chi connectivity index (χ1n) is 16.0. The van der Waals surface area contributed by atoms with E-state index in [0.29, 0.717) is 5.56 Å². The molecule has 0 aliphatic carbocycles. The van der Waals surface area contributed by atoms with Crippen LogP contribution in [0, 0.1) is 0 Å². The minimum atomic E-state index is -1.88. The van der Waals surface area contributed by atoms with Gasteiger partial charge in [-0.2, -0.15) is 0 Å². The molecule has 2 aromatic carbocycles. The van der Waals surface area contributed by atoms with Crippen LogP contribution >= 0.6 is 0 Å². The molecule has 3 aliphatic rings. The van der Waals surface area contributed by atoms with Crippen LogP contribution in [0.3, 0.4) is 0 Å². The van der Waals surface area contributed by atoms with Crippen LogP contribution in [0.5, 0.6) is 5.75 Å². The predicted octanol–water partition coefficient (Wildman–Crippen LogP) is -2.69. The van der Waals surface area contributed by atoms with Gasteiger partial charge in [0.05, 0.1) is 24.7 Å². The average Bonchev–Trinajstić information content (AvgIpc) is 3.11. The highest BCUT2D eigenvalue weighted by molar-refractivity contribution is 5.80. The van der Waals surface area contributed by atoms with Crippen molar-refractivity contribution in [3.05, 3.63) is 64.8 Å². The van der Waals surface area contributed by atoms with Crippen LogP contribution in [0.1, 0.15) is 6.92 Å². The Kier molecular flexibility index (Phi) is 11.2. The molecule has 1 aromatic heterocycles. The zero-order chi connectivity index (χ0) is 35.9. The van der Waals surface area contributed by atoms with Gasteiger partial charge >= 0.3 is 0 Å². The lowest BCUT2D eigenvalue weighted by Gasteiger charge is -2.46. The van der Waals surface area contributed by atoms with E-state index in [1.807, 2.05) is 6.07 Å². The quantitative estimate of drug-likeness (QED) is 0.110. The molecule has 17 nitrogen and oxygen atoms in total. The zero-order valence-electron chi connectivity index (χ0n) is 26.6. The van der Waals surface area contributed by atoms with Crippen LogP contribution in [0.15, 0.2) is 63.8 Å². The van der Waals surface area contributed by atoms with Crippen molar-refractivity contribution in [2.24, 2.45) is 0 Å². The van der Waals surface area contributed by atoms with Gasteiger partial charge in [0.25, 0.3) is 0 Å². The number of hydrogen-bond donors (Lipinski definition) is 9. The third-order valence-electron chi connectivity index (χ3n) is 9.03. The lowest BCUT2D eigenvalue weighted by Crippen LogP contribution is -2.65. The van der Waals surface area contributed by atoms with E-state index in [1.54, 1.807) is 24.3 Å². The fourth-order valence-electron chi connectivity index (χ4n) is 6.05. The van der Waals surface area contributed by atoms with Crippen LogP contribution in [0.4, 0.5) is 0 Å². The van der Waals surface area contributed by atoms with E-state index in [4.69, 9.17) is 32.8 Å². The van der Waals surface area contributed by atoms with Crippen LogP contribution in [-0.2, 0) is 23.7 Å². The minimum Gasteiger partial charge on any atom is -0.462 e. The summed E-state index contributed by atoms with van der Waals surface area (Å²) in [7, 11) is 0. The first-order chi connectivity index (χ1) is 23.9. The molecular weight excluding hydrogens is 668 g/mol. The van der Waals surface area contributed by atoms with Gasteiger partial charge < -0.3 is 78.8 Å². The highest BCUT2D eigenvalue weighted by Gasteiger charge is 2.52. The summed E-state index contributed by atoms with van der Waals surface area (Å²) in [5.74, 6) is 0.325. The summed E-state index contributed by atoms with van der Waals surface area (Å²) < 4.78 is 40.3. The van der Waals surface area contributed by atoms with Crippen molar-refractivity contribution in [2.45, 2.75) is 99.0 Å². The van der Waals surface area contributed by atoms with Crippen LogP contribution in [0.25, 0.3) is 22.3 Å². The van der Waals surface area contributed by atoms with Gasteiger partial charge in [-0.05, 0) is 19.1 Å². The Hall–Kier alpha value is -3.11. The second-order valence-corrected chi connectivity index (χ2v) is 12.5. The molecule has 15 atom stereocenters. The van der Waals surface area contributed by atoms with Gasteiger partial charge in [0, 0.05) is 17.7 Å². The number of rotatable bonds is 9. The first kappa shape index (κ1) is 36.7. The monoisotopic (exact) mass is 708 g/mol. The third-order valence-corrected chi connectivity index (χ3v) is 9.03. The molecule has 6 rings (SSSR count). The Labute approximate surface area is 284 Å². The average molecular weight is 709 g/mol. The lowest BCUT2D eigenvalue weighted by atomic mass is 9.97. The van der Waals surface area contributed by atoms with E-state index in [9.17, 15) is 50.8 Å². The molecule has 0 saturated carbocycles. The lowest BCUT2D eigenvalue weighted by molar-refractivity contribution is -0.362. The van der Waals surface area contributed by atoms with Gasteiger partial charge in [0.1, 0.15) is 78.1 Å². The Morgan fingerprint density at radius 3 is 2.06 bits per heavy atom. The van der Waals surface area contributed by atoms with Crippen molar-refractivity contribution in [2.75, 3.05) is 13.2 Å². The summed E-state index contributed by atoms with van der Waals surface area (Å²) in [6, 6.07) is 14.5. The summed E-state index contributed by atoms with van der Waals surface area (Å²) in [5.41, 5.74) is 0.448. The maximum Gasteiger partial charge on any atom is 0.229 e. The number of benzene rings is 2. The second kappa shape index (κ2) is 15.2. The van der Waals surface area contributed by atoms with Gasteiger partial charge in [-0.25, -0.2) is 0 Å². The van der Waals surface area contributed by atoms with E-state index in [2.05, 4.69) is 0 Å². The van der Waals surface area contributed by atoms with E-state index in [1.165, 1.54) is 31.2 Å². The SMILES string of the molecule is C[C@@H]1O[C@@H](OC[C@H]2O[C@@H](Oc3ccc4c(=O)cc(-c5ccccc5)oc4c3)[C@H](O[C@@H]3O[C@H](CO)[C@@H](O)[C@H](O)[C@H]3O)[C@@H](O)[C@@H]2O)[C@H](O)[C@H](O)[C@H]1O. The summed E-state index contributed by atoms with van der Waals surface area (Å²) >= 11 is 0. The number of aliphatic hydroxyl groups excluding tert-OH is 9.